The SMILES string of the molecule is O=C(NC1CCC(C(=O)O)CC2SSC2C1)c1ccc(C(=O)O)c(-c2c3ccc(=O)cc-3oc3cc(O)ccc23)c1. The lowest BCUT2D eigenvalue weighted by Crippen LogP contribution is -2.43. The summed E-state index contributed by atoms with van der Waals surface area (Å²) in [4.78, 5) is 49.7. The molecule has 2 aromatic rings. The Kier molecular flexibility index (Phi) is 7.16. The summed E-state index contributed by atoms with van der Waals surface area (Å²) >= 11 is 0. The Morgan fingerprint density at radius 1 is 0.878 bits per heavy atom. The van der Waals surface area contributed by atoms with Crippen molar-refractivity contribution in [2.45, 2.75) is 42.2 Å². The van der Waals surface area contributed by atoms with Crippen molar-refractivity contribution in [3.8, 4) is 28.2 Å². The number of carbonyl (C=O) groups excluding carboxylic acids is 1. The number of aromatic hydroxyl groups is 1. The predicted octanol–water partition coefficient (Wildman–Crippen LogP) is 5.47. The molecule has 2 heterocycles. The Bertz CT molecular complexity index is 1730. The summed E-state index contributed by atoms with van der Waals surface area (Å²) in [5.41, 5.74) is 1.34. The van der Waals surface area contributed by atoms with Crippen LogP contribution in [0.3, 0.4) is 0 Å². The highest BCUT2D eigenvalue weighted by Gasteiger charge is 2.40. The number of carboxylic acid groups (broad SMARTS) is 2. The number of benzene rings is 3. The number of rotatable bonds is 5. The first-order valence-electron chi connectivity index (χ1n) is 13.1. The van der Waals surface area contributed by atoms with Gasteiger partial charge in [0.2, 0.25) is 0 Å². The van der Waals surface area contributed by atoms with Gasteiger partial charge in [-0.1, -0.05) is 21.6 Å². The lowest BCUT2D eigenvalue weighted by molar-refractivity contribution is -0.142. The highest BCUT2D eigenvalue weighted by molar-refractivity contribution is 8.80. The number of nitrogens with one attached hydrogen (secondary N) is 1. The summed E-state index contributed by atoms with van der Waals surface area (Å²) in [6.07, 6.45) is 2.37. The number of carboxylic acids is 2. The summed E-state index contributed by atoms with van der Waals surface area (Å²) in [6, 6.07) is 12.8. The summed E-state index contributed by atoms with van der Waals surface area (Å²) in [7, 11) is 3.42. The molecule has 210 valence electrons. The lowest BCUT2D eigenvalue weighted by Gasteiger charge is -2.40. The van der Waals surface area contributed by atoms with Crippen LogP contribution in [0.25, 0.3) is 33.4 Å². The van der Waals surface area contributed by atoms with Crippen LogP contribution in [-0.4, -0.2) is 49.7 Å². The quantitative estimate of drug-likeness (QED) is 0.173. The Balaban J connectivity index is 1.41. The fourth-order valence-electron chi connectivity index (χ4n) is 5.65. The molecule has 2 aromatic carbocycles. The van der Waals surface area contributed by atoms with Crippen molar-refractivity contribution >= 4 is 50.4 Å². The molecule has 2 aliphatic carbocycles. The third-order valence-electron chi connectivity index (χ3n) is 7.76. The van der Waals surface area contributed by atoms with E-state index < -0.39 is 17.9 Å². The average molecular weight is 592 g/mol. The highest BCUT2D eigenvalue weighted by Crippen LogP contribution is 2.53. The number of phenols is 1. The van der Waals surface area contributed by atoms with E-state index >= 15 is 0 Å². The van der Waals surface area contributed by atoms with Crippen LogP contribution in [0, 0.1) is 5.92 Å². The molecular formula is C30H25NO8S2. The van der Waals surface area contributed by atoms with Gasteiger partial charge in [0.25, 0.3) is 5.91 Å². The lowest BCUT2D eigenvalue weighted by atomic mass is 9.87. The van der Waals surface area contributed by atoms with Crippen LogP contribution >= 0.6 is 21.6 Å². The van der Waals surface area contributed by atoms with Crippen molar-refractivity contribution in [2.24, 2.45) is 5.92 Å². The van der Waals surface area contributed by atoms with Crippen molar-refractivity contribution in [3.63, 3.8) is 0 Å². The van der Waals surface area contributed by atoms with E-state index in [0.29, 0.717) is 35.8 Å². The third kappa shape index (κ3) is 5.27. The van der Waals surface area contributed by atoms with E-state index in [-0.39, 0.29) is 61.7 Å². The van der Waals surface area contributed by atoms with Gasteiger partial charge in [-0.05, 0) is 73.7 Å². The Morgan fingerprint density at radius 2 is 1.66 bits per heavy atom. The third-order valence-corrected chi connectivity index (χ3v) is 11.4. The molecule has 0 radical (unpaired) electrons. The van der Waals surface area contributed by atoms with Gasteiger partial charge < -0.3 is 25.1 Å². The molecule has 4 unspecified atom stereocenters. The first-order valence-corrected chi connectivity index (χ1v) is 15.4. The van der Waals surface area contributed by atoms with E-state index in [1.807, 2.05) is 0 Å². The van der Waals surface area contributed by atoms with Crippen molar-refractivity contribution in [1.82, 2.24) is 5.32 Å². The Morgan fingerprint density at radius 3 is 2.39 bits per heavy atom. The fraction of sp³-hybridized carbons (Fsp3) is 0.267. The molecule has 4 atom stereocenters. The van der Waals surface area contributed by atoms with E-state index in [9.17, 15) is 34.5 Å². The molecule has 9 nitrogen and oxygen atoms in total. The number of aliphatic carboxylic acids is 1. The van der Waals surface area contributed by atoms with Crippen molar-refractivity contribution < 1.29 is 34.1 Å². The number of phenolic OH excluding ortho intramolecular Hbond substituents is 1. The van der Waals surface area contributed by atoms with Gasteiger partial charge >= 0.3 is 11.9 Å². The first kappa shape index (κ1) is 27.2. The smallest absolute Gasteiger partial charge is 0.336 e. The van der Waals surface area contributed by atoms with Crippen molar-refractivity contribution in [1.29, 1.82) is 0 Å². The number of hydrogen-bond acceptors (Lipinski definition) is 8. The maximum absolute atomic E-state index is 13.5. The first-order chi connectivity index (χ1) is 19.7. The highest BCUT2D eigenvalue weighted by atomic mass is 33.1. The zero-order valence-electron chi connectivity index (χ0n) is 21.5. The van der Waals surface area contributed by atoms with E-state index in [2.05, 4.69) is 5.32 Å². The molecule has 41 heavy (non-hydrogen) atoms. The van der Waals surface area contributed by atoms with Crippen LogP contribution in [0.15, 0.2) is 63.8 Å². The van der Waals surface area contributed by atoms with Gasteiger partial charge in [0.15, 0.2) is 5.43 Å². The van der Waals surface area contributed by atoms with Crippen molar-refractivity contribution in [2.75, 3.05) is 0 Å². The average Bonchev–Trinajstić information content (AvgIpc) is 2.92. The number of hydrogen-bond donors (Lipinski definition) is 4. The number of aromatic carboxylic acids is 1. The van der Waals surface area contributed by atoms with Crippen LogP contribution in [0.2, 0.25) is 0 Å². The summed E-state index contributed by atoms with van der Waals surface area (Å²) < 4.78 is 5.89. The maximum Gasteiger partial charge on any atom is 0.336 e. The van der Waals surface area contributed by atoms with Crippen LogP contribution < -0.4 is 10.7 Å². The molecule has 1 saturated heterocycles. The second-order valence-corrected chi connectivity index (χ2v) is 13.2. The monoisotopic (exact) mass is 591 g/mol. The second-order valence-electron chi connectivity index (χ2n) is 10.4. The topological polar surface area (TPSA) is 154 Å². The fourth-order valence-corrected chi connectivity index (χ4v) is 8.66. The Hall–Kier alpha value is -3.96. The number of fused-ring (bicyclic) bond motifs is 3. The maximum atomic E-state index is 13.5. The van der Waals surface area contributed by atoms with E-state index in [1.165, 1.54) is 42.5 Å². The second kappa shape index (κ2) is 10.8. The molecule has 2 fully saturated rings. The van der Waals surface area contributed by atoms with Crippen LogP contribution in [0.5, 0.6) is 5.75 Å². The van der Waals surface area contributed by atoms with Gasteiger partial charge in [-0.2, -0.15) is 0 Å². The summed E-state index contributed by atoms with van der Waals surface area (Å²) in [5.74, 6) is -2.69. The minimum absolute atomic E-state index is 0.0457. The van der Waals surface area contributed by atoms with Gasteiger partial charge in [0.1, 0.15) is 17.1 Å². The summed E-state index contributed by atoms with van der Waals surface area (Å²) in [6.45, 7) is 0. The predicted molar refractivity (Wildman–Crippen MR) is 157 cm³/mol. The van der Waals surface area contributed by atoms with Gasteiger partial charge in [0.05, 0.1) is 11.5 Å². The molecule has 1 amide bonds. The van der Waals surface area contributed by atoms with Gasteiger partial charge in [-0.15, -0.1) is 0 Å². The van der Waals surface area contributed by atoms with E-state index in [4.69, 9.17) is 4.42 Å². The largest absolute Gasteiger partial charge is 0.508 e. The van der Waals surface area contributed by atoms with E-state index in [1.54, 1.807) is 33.7 Å². The molecule has 6 rings (SSSR count). The number of amides is 1. The minimum atomic E-state index is -1.20. The standard InChI is InChI=1S/C30H25NO8S2/c32-17-4-7-20-23(12-17)39-24-13-18(33)5-8-21(24)27(20)22-9-14(2-6-19(22)30(37)38)28(34)31-16-3-1-15(29(35)36)10-25-26(11-16)41-40-25/h2,4-9,12-13,15-16,25-26,32H,1,3,10-11H2,(H,31,34)(H,35,36)(H,37,38). The molecule has 0 bridgehead atoms. The Labute approximate surface area is 241 Å². The van der Waals surface area contributed by atoms with Crippen LogP contribution in [0.4, 0.5) is 0 Å². The van der Waals surface area contributed by atoms with Gasteiger partial charge in [-0.3, -0.25) is 14.4 Å². The molecule has 1 saturated carbocycles. The zero-order valence-corrected chi connectivity index (χ0v) is 23.2. The van der Waals surface area contributed by atoms with Gasteiger partial charge in [-0.25, -0.2) is 4.79 Å². The van der Waals surface area contributed by atoms with Gasteiger partial charge in [0, 0.05) is 50.8 Å². The minimum Gasteiger partial charge on any atom is -0.508 e. The molecule has 0 aromatic heterocycles. The van der Waals surface area contributed by atoms with Crippen LogP contribution in [0.1, 0.15) is 46.4 Å². The summed E-state index contributed by atoms with van der Waals surface area (Å²) in [5, 5.41) is 33.8. The molecule has 4 aliphatic rings. The molecular weight excluding hydrogens is 566 g/mol. The normalized spacial score (nSPS) is 22.2. The van der Waals surface area contributed by atoms with Crippen LogP contribution in [-0.2, 0) is 4.79 Å². The molecule has 0 spiro atoms. The molecule has 11 heteroatoms. The zero-order chi connectivity index (χ0) is 28.8. The number of carbonyl (C=O) groups is 3. The molecule has 2 aliphatic heterocycles. The van der Waals surface area contributed by atoms with E-state index in [0.717, 1.165) is 6.42 Å². The van der Waals surface area contributed by atoms with Crippen molar-refractivity contribution in [3.05, 3.63) is 75.9 Å². The molecule has 4 N–H and O–H groups in total.